The number of hydrogen-bond donors (Lipinski definition) is 1. The summed E-state index contributed by atoms with van der Waals surface area (Å²) >= 11 is 0. The van der Waals surface area contributed by atoms with Crippen molar-refractivity contribution in [2.45, 2.75) is 18.9 Å². The van der Waals surface area contributed by atoms with E-state index in [1.165, 1.54) is 0 Å². The second-order valence-corrected chi connectivity index (χ2v) is 7.02. The van der Waals surface area contributed by atoms with Gasteiger partial charge in [0, 0.05) is 43.2 Å². The minimum absolute atomic E-state index is 0.144. The largest absolute Gasteiger partial charge is 0.343 e. The van der Waals surface area contributed by atoms with E-state index < -0.39 is 0 Å². The number of rotatable bonds is 6. The Balaban J connectivity index is 1.55. The average molecular weight is 373 g/mol. The van der Waals surface area contributed by atoms with Gasteiger partial charge in [-0.3, -0.25) is 9.59 Å². The summed E-state index contributed by atoms with van der Waals surface area (Å²) in [4.78, 5) is 26.9. The summed E-state index contributed by atoms with van der Waals surface area (Å²) in [6.45, 7) is 1.24. The van der Waals surface area contributed by atoms with Crippen LogP contribution in [0.4, 0.5) is 0 Å². The van der Waals surface area contributed by atoms with Gasteiger partial charge in [-0.25, -0.2) is 0 Å². The summed E-state index contributed by atoms with van der Waals surface area (Å²) in [5.41, 5.74) is 2.53. The Bertz CT molecular complexity index is 951. The number of carbonyl (C=O) groups excluding carboxylic acids is 2. The number of likely N-dealkylation sites (tertiary alicyclic amines) is 1. The smallest absolute Gasteiger partial charge is 0.251 e. The van der Waals surface area contributed by atoms with Crippen LogP contribution in [0.2, 0.25) is 0 Å². The van der Waals surface area contributed by atoms with Crippen LogP contribution in [0.25, 0.3) is 5.69 Å². The SMILES string of the molecule is O=C(N[C@H](CN1CCCC1=O)c1ccccc1)c1cccc(-n2cccc2)c1. The number of amides is 2. The van der Waals surface area contributed by atoms with Crippen molar-refractivity contribution in [3.05, 3.63) is 90.3 Å². The Kier molecular flexibility index (Phi) is 5.24. The summed E-state index contributed by atoms with van der Waals surface area (Å²) in [6.07, 6.45) is 5.37. The van der Waals surface area contributed by atoms with E-state index in [2.05, 4.69) is 5.32 Å². The fourth-order valence-electron chi connectivity index (χ4n) is 3.59. The van der Waals surface area contributed by atoms with E-state index in [9.17, 15) is 9.59 Å². The van der Waals surface area contributed by atoms with Crippen molar-refractivity contribution in [2.24, 2.45) is 0 Å². The van der Waals surface area contributed by atoms with Crippen molar-refractivity contribution in [3.8, 4) is 5.69 Å². The number of nitrogens with one attached hydrogen (secondary N) is 1. The highest BCUT2D eigenvalue weighted by Gasteiger charge is 2.25. The zero-order valence-electron chi connectivity index (χ0n) is 15.6. The zero-order chi connectivity index (χ0) is 19.3. The molecule has 1 N–H and O–H groups in total. The molecule has 0 saturated carbocycles. The van der Waals surface area contributed by atoms with Crippen molar-refractivity contribution in [2.75, 3.05) is 13.1 Å². The molecule has 5 nitrogen and oxygen atoms in total. The highest BCUT2D eigenvalue weighted by molar-refractivity contribution is 5.95. The molecule has 2 heterocycles. The van der Waals surface area contributed by atoms with Crippen LogP contribution < -0.4 is 5.32 Å². The molecular formula is C23H23N3O2. The highest BCUT2D eigenvalue weighted by Crippen LogP contribution is 2.20. The lowest BCUT2D eigenvalue weighted by molar-refractivity contribution is -0.128. The second-order valence-electron chi connectivity index (χ2n) is 7.02. The molecule has 2 amide bonds. The van der Waals surface area contributed by atoms with Crippen LogP contribution in [0.5, 0.6) is 0 Å². The molecule has 0 spiro atoms. The second kappa shape index (κ2) is 8.13. The summed E-state index contributed by atoms with van der Waals surface area (Å²) in [5, 5.41) is 3.13. The van der Waals surface area contributed by atoms with E-state index in [4.69, 9.17) is 0 Å². The fourth-order valence-corrected chi connectivity index (χ4v) is 3.59. The zero-order valence-corrected chi connectivity index (χ0v) is 15.6. The van der Waals surface area contributed by atoms with Gasteiger partial charge < -0.3 is 14.8 Å². The first kappa shape index (κ1) is 18.0. The molecule has 1 aliphatic rings. The van der Waals surface area contributed by atoms with Crippen LogP contribution >= 0.6 is 0 Å². The first-order chi connectivity index (χ1) is 13.7. The maximum Gasteiger partial charge on any atom is 0.251 e. The van der Waals surface area contributed by atoms with E-state index in [1.54, 1.807) is 0 Å². The Morgan fingerprint density at radius 1 is 1.00 bits per heavy atom. The lowest BCUT2D eigenvalue weighted by Gasteiger charge is -2.25. The van der Waals surface area contributed by atoms with E-state index in [-0.39, 0.29) is 17.9 Å². The average Bonchev–Trinajstić information content (AvgIpc) is 3.41. The maximum atomic E-state index is 13.0. The topological polar surface area (TPSA) is 54.3 Å². The first-order valence-electron chi connectivity index (χ1n) is 9.58. The number of nitrogens with zero attached hydrogens (tertiary/aromatic N) is 2. The number of carbonyl (C=O) groups is 2. The normalized spacial score (nSPS) is 14.9. The lowest BCUT2D eigenvalue weighted by atomic mass is 10.1. The molecule has 2 aromatic carbocycles. The quantitative estimate of drug-likeness (QED) is 0.718. The molecule has 28 heavy (non-hydrogen) atoms. The molecule has 4 rings (SSSR count). The molecule has 1 fully saturated rings. The van der Waals surface area contributed by atoms with E-state index in [0.717, 1.165) is 24.2 Å². The van der Waals surface area contributed by atoms with Crippen molar-refractivity contribution < 1.29 is 9.59 Å². The molecule has 1 atom stereocenters. The summed E-state index contributed by atoms with van der Waals surface area (Å²) < 4.78 is 1.97. The lowest BCUT2D eigenvalue weighted by Crippen LogP contribution is -2.38. The van der Waals surface area contributed by atoms with Crippen molar-refractivity contribution in [3.63, 3.8) is 0 Å². The van der Waals surface area contributed by atoms with Gasteiger partial charge in [0.2, 0.25) is 5.91 Å². The molecule has 0 unspecified atom stereocenters. The van der Waals surface area contributed by atoms with E-state index in [0.29, 0.717) is 18.5 Å². The Morgan fingerprint density at radius 3 is 2.50 bits per heavy atom. The van der Waals surface area contributed by atoms with Gasteiger partial charge >= 0.3 is 0 Å². The van der Waals surface area contributed by atoms with Crippen LogP contribution in [0.15, 0.2) is 79.1 Å². The minimum atomic E-state index is -0.244. The van der Waals surface area contributed by atoms with Gasteiger partial charge in [-0.1, -0.05) is 36.4 Å². The first-order valence-corrected chi connectivity index (χ1v) is 9.58. The monoisotopic (exact) mass is 373 g/mol. The van der Waals surface area contributed by atoms with Crippen molar-refractivity contribution in [1.29, 1.82) is 0 Å². The van der Waals surface area contributed by atoms with Gasteiger partial charge in [-0.2, -0.15) is 0 Å². The summed E-state index contributed by atoms with van der Waals surface area (Å²) in [7, 11) is 0. The van der Waals surface area contributed by atoms with Gasteiger partial charge in [-0.15, -0.1) is 0 Å². The molecular weight excluding hydrogens is 350 g/mol. The van der Waals surface area contributed by atoms with Crippen LogP contribution in [-0.4, -0.2) is 34.4 Å². The third-order valence-corrected chi connectivity index (χ3v) is 5.09. The molecule has 1 saturated heterocycles. The predicted octanol–water partition coefficient (Wildman–Crippen LogP) is 3.57. The van der Waals surface area contributed by atoms with Crippen molar-refractivity contribution in [1.82, 2.24) is 14.8 Å². The highest BCUT2D eigenvalue weighted by atomic mass is 16.2. The Morgan fingerprint density at radius 2 is 1.79 bits per heavy atom. The van der Waals surface area contributed by atoms with Crippen LogP contribution in [0, 0.1) is 0 Å². The minimum Gasteiger partial charge on any atom is -0.343 e. The van der Waals surface area contributed by atoms with Gasteiger partial charge in [-0.05, 0) is 42.3 Å². The standard InChI is InChI=1S/C23H23N3O2/c27-22-12-7-15-26(22)17-21(18-8-2-1-3-9-18)24-23(28)19-10-6-11-20(16-19)25-13-4-5-14-25/h1-6,8-11,13-14,16,21H,7,12,15,17H2,(H,24,28)/t21-/m1/s1. The fraction of sp³-hybridized carbons (Fsp3) is 0.217. The van der Waals surface area contributed by atoms with E-state index in [1.807, 2.05) is 88.6 Å². The molecule has 0 aliphatic carbocycles. The van der Waals surface area contributed by atoms with Gasteiger partial charge in [0.25, 0.3) is 5.91 Å². The number of benzene rings is 2. The molecule has 5 heteroatoms. The van der Waals surface area contributed by atoms with Gasteiger partial charge in [0.1, 0.15) is 0 Å². The molecule has 1 aromatic heterocycles. The third kappa shape index (κ3) is 3.98. The van der Waals surface area contributed by atoms with Gasteiger partial charge in [0.05, 0.1) is 6.04 Å². The number of aromatic nitrogens is 1. The van der Waals surface area contributed by atoms with Crippen LogP contribution in [-0.2, 0) is 4.79 Å². The summed E-state index contributed by atoms with van der Waals surface area (Å²) in [5.74, 6) is 0.0132. The molecule has 1 aliphatic heterocycles. The Hall–Kier alpha value is -3.34. The molecule has 0 radical (unpaired) electrons. The molecule has 3 aromatic rings. The van der Waals surface area contributed by atoms with E-state index >= 15 is 0 Å². The predicted molar refractivity (Wildman–Crippen MR) is 108 cm³/mol. The Labute approximate surface area is 164 Å². The van der Waals surface area contributed by atoms with Crippen molar-refractivity contribution >= 4 is 11.8 Å². The molecule has 142 valence electrons. The third-order valence-electron chi connectivity index (χ3n) is 5.09. The molecule has 0 bridgehead atoms. The van der Waals surface area contributed by atoms with Crippen LogP contribution in [0.1, 0.15) is 34.8 Å². The number of hydrogen-bond acceptors (Lipinski definition) is 2. The van der Waals surface area contributed by atoms with Crippen LogP contribution in [0.3, 0.4) is 0 Å². The summed E-state index contributed by atoms with van der Waals surface area (Å²) in [6, 6.07) is 21.0. The van der Waals surface area contributed by atoms with Gasteiger partial charge in [0.15, 0.2) is 0 Å². The maximum absolute atomic E-state index is 13.0.